The number of carbonyl (C=O) groups is 1. The lowest BCUT2D eigenvalue weighted by Gasteiger charge is -2.12. The Bertz CT molecular complexity index is 688. The predicted molar refractivity (Wildman–Crippen MR) is 92.7 cm³/mol. The third-order valence-corrected chi connectivity index (χ3v) is 3.82. The number of halogens is 1. The van der Waals surface area contributed by atoms with Crippen LogP contribution in [0.3, 0.4) is 0 Å². The van der Waals surface area contributed by atoms with Crippen molar-refractivity contribution in [2.75, 3.05) is 11.9 Å². The molecule has 2 aromatic carbocycles. The first kappa shape index (κ1) is 16.4. The average Bonchev–Trinajstić information content (AvgIpc) is 2.50. The van der Waals surface area contributed by atoms with E-state index in [4.69, 9.17) is 9.84 Å². The molecule has 0 amide bonds. The number of anilines is 1. The van der Waals surface area contributed by atoms with Crippen LogP contribution in [0.2, 0.25) is 0 Å². The minimum absolute atomic E-state index is 0.138. The number of aromatic hydroxyl groups is 1. The zero-order valence-electron chi connectivity index (χ0n) is 12.0. The molecule has 3 N–H and O–H groups in total. The summed E-state index contributed by atoms with van der Waals surface area (Å²) in [5, 5.41) is 22.1. The number of hydrogen-bond acceptors (Lipinski definition) is 4. The lowest BCUT2D eigenvalue weighted by Crippen LogP contribution is -2.03. The van der Waals surface area contributed by atoms with Gasteiger partial charge in [0.2, 0.25) is 0 Å². The Balaban J connectivity index is 2.14. The van der Waals surface area contributed by atoms with Crippen LogP contribution in [0.25, 0.3) is 0 Å². The van der Waals surface area contributed by atoms with Gasteiger partial charge in [0.15, 0.2) is 11.5 Å². The molecule has 0 saturated carbocycles. The Morgan fingerprint density at radius 3 is 2.77 bits per heavy atom. The van der Waals surface area contributed by atoms with Crippen molar-refractivity contribution in [1.82, 2.24) is 0 Å². The highest BCUT2D eigenvalue weighted by Crippen LogP contribution is 2.33. The number of aromatic carboxylic acids is 1. The van der Waals surface area contributed by atoms with Gasteiger partial charge >= 0.3 is 5.97 Å². The van der Waals surface area contributed by atoms with Crippen LogP contribution in [0.1, 0.15) is 22.8 Å². The zero-order chi connectivity index (χ0) is 16.1. The normalized spacial score (nSPS) is 10.3. The van der Waals surface area contributed by atoms with E-state index in [2.05, 4.69) is 5.32 Å². The predicted octanol–water partition coefficient (Wildman–Crippen LogP) is 3.71. The van der Waals surface area contributed by atoms with E-state index in [0.29, 0.717) is 22.5 Å². The van der Waals surface area contributed by atoms with E-state index in [0.717, 1.165) is 11.3 Å². The molecule has 0 bridgehead atoms. The first-order valence-electron chi connectivity index (χ1n) is 6.72. The van der Waals surface area contributed by atoms with Crippen molar-refractivity contribution in [2.24, 2.45) is 0 Å². The smallest absolute Gasteiger partial charge is 0.335 e. The fourth-order valence-electron chi connectivity index (χ4n) is 1.96. The number of carboxylic acid groups (broad SMARTS) is 1. The maximum atomic E-state index is 11.0. The van der Waals surface area contributed by atoms with Crippen molar-refractivity contribution >= 4 is 34.2 Å². The van der Waals surface area contributed by atoms with E-state index in [9.17, 15) is 9.90 Å². The molecule has 2 rings (SSSR count). The third kappa shape index (κ3) is 4.03. The standard InChI is InChI=1S/C16H16INO4/c1-2-22-14-7-10(6-13(17)15(14)19)9-18-12-5-3-4-11(8-12)16(20)21/h3-8,18-19H,2,9H2,1H3,(H,20,21). The first-order chi connectivity index (χ1) is 10.5. The number of carboxylic acids is 1. The molecule has 116 valence electrons. The molecule has 0 aliphatic rings. The van der Waals surface area contributed by atoms with Crippen molar-refractivity contribution in [3.8, 4) is 11.5 Å². The highest BCUT2D eigenvalue weighted by atomic mass is 127. The fourth-order valence-corrected chi connectivity index (χ4v) is 2.63. The molecular weight excluding hydrogens is 397 g/mol. The van der Waals surface area contributed by atoms with Crippen molar-refractivity contribution in [2.45, 2.75) is 13.5 Å². The summed E-state index contributed by atoms with van der Waals surface area (Å²) in [6.45, 7) is 2.83. The maximum absolute atomic E-state index is 11.0. The van der Waals surface area contributed by atoms with Crippen molar-refractivity contribution in [1.29, 1.82) is 0 Å². The van der Waals surface area contributed by atoms with Gasteiger partial charge in [0.25, 0.3) is 0 Å². The van der Waals surface area contributed by atoms with Gasteiger partial charge in [-0.05, 0) is 65.4 Å². The van der Waals surface area contributed by atoms with Crippen LogP contribution in [0.4, 0.5) is 5.69 Å². The number of nitrogens with one attached hydrogen (secondary N) is 1. The van der Waals surface area contributed by atoms with Gasteiger partial charge in [0.1, 0.15) is 0 Å². The van der Waals surface area contributed by atoms with E-state index in [-0.39, 0.29) is 11.3 Å². The quantitative estimate of drug-likeness (QED) is 0.630. The molecular formula is C16H16INO4. The number of phenolic OH excluding ortho intramolecular Hbond substituents is 1. The number of rotatable bonds is 6. The van der Waals surface area contributed by atoms with Crippen LogP contribution in [0, 0.1) is 3.57 Å². The van der Waals surface area contributed by atoms with Gasteiger partial charge in [-0.25, -0.2) is 4.79 Å². The van der Waals surface area contributed by atoms with Gasteiger partial charge in [-0.2, -0.15) is 0 Å². The molecule has 0 aliphatic heterocycles. The van der Waals surface area contributed by atoms with Crippen LogP contribution in [-0.4, -0.2) is 22.8 Å². The molecule has 2 aromatic rings. The van der Waals surface area contributed by atoms with Crippen LogP contribution in [0.15, 0.2) is 36.4 Å². The van der Waals surface area contributed by atoms with Crippen LogP contribution in [-0.2, 0) is 6.54 Å². The summed E-state index contributed by atoms with van der Waals surface area (Å²) in [5.41, 5.74) is 1.90. The summed E-state index contributed by atoms with van der Waals surface area (Å²) in [6.07, 6.45) is 0. The Hall–Kier alpha value is -1.96. The summed E-state index contributed by atoms with van der Waals surface area (Å²) >= 11 is 2.05. The second-order valence-corrected chi connectivity index (χ2v) is 5.76. The van der Waals surface area contributed by atoms with Crippen molar-refractivity contribution in [3.63, 3.8) is 0 Å². The maximum Gasteiger partial charge on any atom is 0.335 e. The summed E-state index contributed by atoms with van der Waals surface area (Å²) in [7, 11) is 0. The summed E-state index contributed by atoms with van der Waals surface area (Å²) in [6, 6.07) is 10.3. The molecule has 0 aliphatic carbocycles. The molecule has 0 saturated heterocycles. The second-order valence-electron chi connectivity index (χ2n) is 4.60. The topological polar surface area (TPSA) is 78.8 Å². The average molecular weight is 413 g/mol. The highest BCUT2D eigenvalue weighted by molar-refractivity contribution is 14.1. The largest absolute Gasteiger partial charge is 0.504 e. The molecule has 0 fully saturated rings. The monoisotopic (exact) mass is 413 g/mol. The first-order valence-corrected chi connectivity index (χ1v) is 7.80. The Labute approximate surface area is 142 Å². The Morgan fingerprint density at radius 1 is 1.32 bits per heavy atom. The van der Waals surface area contributed by atoms with Gasteiger partial charge in [0.05, 0.1) is 15.7 Å². The summed E-state index contributed by atoms with van der Waals surface area (Å²) in [5.74, 6) is -0.369. The number of ether oxygens (including phenoxy) is 1. The molecule has 0 heterocycles. The van der Waals surface area contributed by atoms with Gasteiger partial charge in [-0.3, -0.25) is 0 Å². The SMILES string of the molecule is CCOc1cc(CNc2cccc(C(=O)O)c2)cc(I)c1O. The second kappa shape index (κ2) is 7.35. The zero-order valence-corrected chi connectivity index (χ0v) is 14.1. The van der Waals surface area contributed by atoms with E-state index < -0.39 is 5.97 Å². The molecule has 0 radical (unpaired) electrons. The highest BCUT2D eigenvalue weighted by Gasteiger charge is 2.09. The third-order valence-electron chi connectivity index (χ3n) is 2.99. The molecule has 22 heavy (non-hydrogen) atoms. The van der Waals surface area contributed by atoms with Gasteiger partial charge in [-0.15, -0.1) is 0 Å². The number of hydrogen-bond donors (Lipinski definition) is 3. The lowest BCUT2D eigenvalue weighted by atomic mass is 10.1. The van der Waals surface area contributed by atoms with Crippen LogP contribution >= 0.6 is 22.6 Å². The van der Waals surface area contributed by atoms with E-state index in [1.807, 2.05) is 35.6 Å². The van der Waals surface area contributed by atoms with Gasteiger partial charge in [-0.1, -0.05) is 6.07 Å². The fraction of sp³-hybridized carbons (Fsp3) is 0.188. The van der Waals surface area contributed by atoms with E-state index in [1.165, 1.54) is 0 Å². The van der Waals surface area contributed by atoms with Crippen LogP contribution in [0.5, 0.6) is 11.5 Å². The molecule has 0 aromatic heterocycles. The van der Waals surface area contributed by atoms with Crippen molar-refractivity contribution < 1.29 is 19.7 Å². The lowest BCUT2D eigenvalue weighted by molar-refractivity contribution is 0.0697. The summed E-state index contributed by atoms with van der Waals surface area (Å²) in [4.78, 5) is 11.0. The molecule has 0 unspecified atom stereocenters. The van der Waals surface area contributed by atoms with Gasteiger partial charge in [0, 0.05) is 12.2 Å². The van der Waals surface area contributed by atoms with E-state index >= 15 is 0 Å². The number of phenols is 1. The number of benzene rings is 2. The molecule has 0 atom stereocenters. The van der Waals surface area contributed by atoms with Gasteiger partial charge < -0.3 is 20.3 Å². The Kier molecular flexibility index (Phi) is 5.48. The van der Waals surface area contributed by atoms with Crippen molar-refractivity contribution in [3.05, 3.63) is 51.1 Å². The van der Waals surface area contributed by atoms with Crippen LogP contribution < -0.4 is 10.1 Å². The van der Waals surface area contributed by atoms with E-state index in [1.54, 1.807) is 30.3 Å². The molecule has 0 spiro atoms. The minimum Gasteiger partial charge on any atom is -0.504 e. The minimum atomic E-state index is -0.957. The Morgan fingerprint density at radius 2 is 2.09 bits per heavy atom. The molecule has 6 heteroatoms. The summed E-state index contributed by atoms with van der Waals surface area (Å²) < 4.78 is 6.11. The molecule has 5 nitrogen and oxygen atoms in total.